The first kappa shape index (κ1) is 12.3. The Morgan fingerprint density at radius 1 is 1.53 bits per heavy atom. The zero-order valence-electron chi connectivity index (χ0n) is 8.59. The number of halogens is 1. The molecule has 0 aliphatic rings. The minimum absolute atomic E-state index is 0.195. The Bertz CT molecular complexity index is 377. The Labute approximate surface area is 103 Å². The summed E-state index contributed by atoms with van der Waals surface area (Å²) in [4.78, 5) is 11.2. The second-order valence-corrected chi connectivity index (χ2v) is 4.55. The van der Waals surface area contributed by atoms with Crippen LogP contribution >= 0.6 is 22.6 Å². The number of phenolic OH excluding ortho intramolecular Hbond substituents is 1. The largest absolute Gasteiger partial charge is 0.507 e. The summed E-state index contributed by atoms with van der Waals surface area (Å²) in [5, 5.41) is 9.84. The van der Waals surface area contributed by atoms with Crippen molar-refractivity contribution in [1.82, 2.24) is 0 Å². The van der Waals surface area contributed by atoms with Crippen molar-refractivity contribution in [3.63, 3.8) is 0 Å². The number of hydrogen-bond acceptors (Lipinski definition) is 2. The van der Waals surface area contributed by atoms with Gasteiger partial charge >= 0.3 is 0 Å². The van der Waals surface area contributed by atoms with Crippen LogP contribution in [0.1, 0.15) is 35.7 Å². The molecule has 3 N–H and O–H groups in total. The third-order valence-electron chi connectivity index (χ3n) is 2.28. The number of rotatable bonds is 4. The Kier molecular flexibility index (Phi) is 4.38. The summed E-state index contributed by atoms with van der Waals surface area (Å²) in [6.07, 6.45) is 2.65. The average Bonchev–Trinajstić information content (AvgIpc) is 2.19. The summed E-state index contributed by atoms with van der Waals surface area (Å²) in [7, 11) is 0. The number of carbonyl (C=O) groups excluding carboxylic acids is 1. The number of phenols is 1. The van der Waals surface area contributed by atoms with Crippen molar-refractivity contribution >= 4 is 28.5 Å². The third-order valence-corrected chi connectivity index (χ3v) is 3.15. The molecule has 0 aliphatic heterocycles. The first-order valence-corrected chi connectivity index (χ1v) is 5.96. The van der Waals surface area contributed by atoms with E-state index in [1.807, 2.05) is 22.6 Å². The number of hydrogen-bond donors (Lipinski definition) is 2. The summed E-state index contributed by atoms with van der Waals surface area (Å²) in [5.41, 5.74) is 6.36. The topological polar surface area (TPSA) is 63.3 Å². The molecule has 0 atom stereocenters. The summed E-state index contributed by atoms with van der Waals surface area (Å²) in [6.45, 7) is 2.06. The fraction of sp³-hybridized carbons (Fsp3) is 0.364. The standard InChI is InChI=1S/C11H14INO2/c1-2-3-4-7-8(11(13)15)5-6-9(12)10(7)14/h5-6,14H,2-4H2,1H3,(H2,13,15). The van der Waals surface area contributed by atoms with E-state index in [-0.39, 0.29) is 5.75 Å². The van der Waals surface area contributed by atoms with Gasteiger partial charge in [-0.3, -0.25) is 4.79 Å². The molecule has 0 aliphatic carbocycles. The summed E-state index contributed by atoms with van der Waals surface area (Å²) >= 11 is 2.04. The highest BCUT2D eigenvalue weighted by Gasteiger charge is 2.14. The van der Waals surface area contributed by atoms with E-state index >= 15 is 0 Å². The number of benzene rings is 1. The minimum atomic E-state index is -0.479. The lowest BCUT2D eigenvalue weighted by Gasteiger charge is -2.09. The lowest BCUT2D eigenvalue weighted by Crippen LogP contribution is -2.14. The maximum absolute atomic E-state index is 11.2. The molecule has 3 nitrogen and oxygen atoms in total. The molecular weight excluding hydrogens is 305 g/mol. The molecule has 4 heteroatoms. The second-order valence-electron chi connectivity index (χ2n) is 3.39. The van der Waals surface area contributed by atoms with Gasteiger partial charge in [0, 0.05) is 11.1 Å². The van der Waals surface area contributed by atoms with Crippen LogP contribution in [0.4, 0.5) is 0 Å². The van der Waals surface area contributed by atoms with Crippen LogP contribution < -0.4 is 5.73 Å². The molecule has 1 aromatic carbocycles. The SMILES string of the molecule is CCCCc1c(C(N)=O)ccc(I)c1O. The fourth-order valence-electron chi connectivity index (χ4n) is 1.45. The van der Waals surface area contributed by atoms with Crippen molar-refractivity contribution in [3.8, 4) is 5.75 Å². The van der Waals surface area contributed by atoms with Crippen LogP contribution in [0.15, 0.2) is 12.1 Å². The predicted octanol–water partition coefficient (Wildman–Crippen LogP) is 2.44. The average molecular weight is 319 g/mol. The van der Waals surface area contributed by atoms with Gasteiger partial charge in [-0.2, -0.15) is 0 Å². The number of nitrogens with two attached hydrogens (primary N) is 1. The van der Waals surface area contributed by atoms with Crippen molar-refractivity contribution in [2.24, 2.45) is 5.73 Å². The maximum atomic E-state index is 11.2. The molecule has 0 spiro atoms. The summed E-state index contributed by atoms with van der Waals surface area (Å²) in [5.74, 6) is -0.284. The van der Waals surface area contributed by atoms with Crippen LogP contribution in [0.5, 0.6) is 5.75 Å². The van der Waals surface area contributed by atoms with Crippen molar-refractivity contribution in [1.29, 1.82) is 0 Å². The molecular formula is C11H14INO2. The number of amides is 1. The first-order chi connectivity index (χ1) is 7.07. The van der Waals surface area contributed by atoms with Crippen molar-refractivity contribution in [2.45, 2.75) is 26.2 Å². The van der Waals surface area contributed by atoms with Crippen LogP contribution in [0.2, 0.25) is 0 Å². The number of unbranched alkanes of at least 4 members (excludes halogenated alkanes) is 1. The van der Waals surface area contributed by atoms with Gasteiger partial charge in [0.2, 0.25) is 5.91 Å². The molecule has 82 valence electrons. The van der Waals surface area contributed by atoms with Crippen LogP contribution in [0.3, 0.4) is 0 Å². The Morgan fingerprint density at radius 2 is 2.20 bits per heavy atom. The number of primary amides is 1. The van der Waals surface area contributed by atoms with Gasteiger partial charge in [-0.05, 0) is 47.6 Å². The minimum Gasteiger partial charge on any atom is -0.507 e. The van der Waals surface area contributed by atoms with Crippen molar-refractivity contribution in [2.75, 3.05) is 0 Å². The van der Waals surface area contributed by atoms with Crippen LogP contribution in [0.25, 0.3) is 0 Å². The first-order valence-electron chi connectivity index (χ1n) is 4.88. The maximum Gasteiger partial charge on any atom is 0.249 e. The van der Waals surface area contributed by atoms with Crippen molar-refractivity contribution in [3.05, 3.63) is 26.8 Å². The van der Waals surface area contributed by atoms with Gasteiger partial charge in [-0.15, -0.1) is 0 Å². The van der Waals surface area contributed by atoms with Crippen LogP contribution in [-0.4, -0.2) is 11.0 Å². The number of aromatic hydroxyl groups is 1. The van der Waals surface area contributed by atoms with E-state index in [9.17, 15) is 9.90 Å². The van der Waals surface area contributed by atoms with Gasteiger partial charge in [0.1, 0.15) is 5.75 Å². The third kappa shape index (κ3) is 2.84. The van der Waals surface area contributed by atoms with Gasteiger partial charge in [0.05, 0.1) is 3.57 Å². The lowest BCUT2D eigenvalue weighted by molar-refractivity contribution is 0.0999. The molecule has 0 unspecified atom stereocenters. The van der Waals surface area contributed by atoms with E-state index in [0.29, 0.717) is 17.5 Å². The van der Waals surface area contributed by atoms with E-state index in [4.69, 9.17) is 5.73 Å². The van der Waals surface area contributed by atoms with Crippen molar-refractivity contribution < 1.29 is 9.90 Å². The van der Waals surface area contributed by atoms with Crippen LogP contribution in [-0.2, 0) is 6.42 Å². The van der Waals surface area contributed by atoms with E-state index in [2.05, 4.69) is 6.92 Å². The van der Waals surface area contributed by atoms with Gasteiger partial charge in [0.25, 0.3) is 0 Å². The molecule has 1 amide bonds. The van der Waals surface area contributed by atoms with Gasteiger partial charge < -0.3 is 10.8 Å². The smallest absolute Gasteiger partial charge is 0.249 e. The molecule has 0 aromatic heterocycles. The van der Waals surface area contributed by atoms with E-state index in [0.717, 1.165) is 16.4 Å². The predicted molar refractivity (Wildman–Crippen MR) is 68.0 cm³/mol. The Hall–Kier alpha value is -0.780. The highest BCUT2D eigenvalue weighted by atomic mass is 127. The summed E-state index contributed by atoms with van der Waals surface area (Å²) < 4.78 is 0.753. The molecule has 0 heterocycles. The lowest BCUT2D eigenvalue weighted by atomic mass is 10.0. The fourth-order valence-corrected chi connectivity index (χ4v) is 1.95. The number of carbonyl (C=O) groups is 1. The quantitative estimate of drug-likeness (QED) is 0.837. The molecule has 15 heavy (non-hydrogen) atoms. The Morgan fingerprint density at radius 3 is 2.73 bits per heavy atom. The summed E-state index contributed by atoms with van der Waals surface area (Å²) in [6, 6.07) is 3.38. The zero-order chi connectivity index (χ0) is 11.4. The molecule has 1 rings (SSSR count). The monoisotopic (exact) mass is 319 g/mol. The zero-order valence-corrected chi connectivity index (χ0v) is 10.7. The van der Waals surface area contributed by atoms with E-state index in [1.54, 1.807) is 12.1 Å². The Balaban J connectivity index is 3.16. The van der Waals surface area contributed by atoms with E-state index in [1.165, 1.54) is 0 Å². The van der Waals surface area contributed by atoms with Gasteiger partial charge in [-0.1, -0.05) is 13.3 Å². The normalized spacial score (nSPS) is 10.3. The molecule has 1 aromatic rings. The van der Waals surface area contributed by atoms with Gasteiger partial charge in [-0.25, -0.2) is 0 Å². The molecule has 0 fully saturated rings. The second kappa shape index (κ2) is 5.34. The highest BCUT2D eigenvalue weighted by Crippen LogP contribution is 2.28. The highest BCUT2D eigenvalue weighted by molar-refractivity contribution is 14.1. The van der Waals surface area contributed by atoms with Crippen LogP contribution in [0, 0.1) is 3.57 Å². The molecule has 0 radical (unpaired) electrons. The molecule has 0 saturated heterocycles. The van der Waals surface area contributed by atoms with E-state index < -0.39 is 5.91 Å². The molecule has 0 saturated carbocycles. The van der Waals surface area contributed by atoms with Gasteiger partial charge in [0.15, 0.2) is 0 Å². The molecule has 0 bridgehead atoms.